The molecule has 0 aromatic heterocycles. The number of aryl methyl sites for hydroxylation is 1. The molecule has 2 heterocycles. The summed E-state index contributed by atoms with van der Waals surface area (Å²) in [7, 11) is 1.39. The Hall–Kier alpha value is -3.15. The van der Waals surface area contributed by atoms with E-state index in [2.05, 4.69) is 4.90 Å². The second kappa shape index (κ2) is 12.5. The molecule has 2 amide bonds. The van der Waals surface area contributed by atoms with Gasteiger partial charge in [0.15, 0.2) is 0 Å². The third kappa shape index (κ3) is 7.33. The Labute approximate surface area is 246 Å². The van der Waals surface area contributed by atoms with Gasteiger partial charge in [-0.1, -0.05) is 6.07 Å². The van der Waals surface area contributed by atoms with Gasteiger partial charge in [0.2, 0.25) is 11.8 Å². The molecule has 0 N–H and O–H groups in total. The normalized spacial score (nSPS) is 21.5. The van der Waals surface area contributed by atoms with Crippen LogP contribution >= 0.6 is 0 Å². The first-order valence-corrected chi connectivity index (χ1v) is 14.3. The van der Waals surface area contributed by atoms with Crippen molar-refractivity contribution in [2.75, 3.05) is 33.2 Å². The molecule has 12 heteroatoms. The fourth-order valence-electron chi connectivity index (χ4n) is 6.42. The summed E-state index contributed by atoms with van der Waals surface area (Å²) in [6.45, 7) is 6.96. The Morgan fingerprint density at radius 1 is 0.907 bits per heavy atom. The molecule has 0 aliphatic carbocycles. The van der Waals surface area contributed by atoms with Gasteiger partial charge in [-0.3, -0.25) is 14.5 Å². The van der Waals surface area contributed by atoms with Gasteiger partial charge < -0.3 is 9.80 Å². The summed E-state index contributed by atoms with van der Waals surface area (Å²) in [6, 6.07) is 4.82. The molecule has 5 nitrogen and oxygen atoms in total. The summed E-state index contributed by atoms with van der Waals surface area (Å²) in [4.78, 5) is 31.1. The third-order valence-corrected chi connectivity index (χ3v) is 9.04. The number of rotatable bonds is 5. The van der Waals surface area contributed by atoms with Crippen LogP contribution in [0.2, 0.25) is 0 Å². The molecule has 0 unspecified atom stereocenters. The standard InChI is InChI=1S/C31H36F7N3O2/c1-18-13-24(32)5-6-26(18)28-17-41(25-7-10-40(11-8-25)20(3)42)12-9-27(28)29(43)39(4)19(2)21-14-22(30(33,34)35)16-23(15-21)31(36,37)38/h5-6,13-16,19,25,27-28H,7-12,17H2,1-4H3/t19-,27-,28+/m0/s1. The van der Waals surface area contributed by atoms with Gasteiger partial charge in [-0.25, -0.2) is 4.39 Å². The molecule has 0 bridgehead atoms. The Morgan fingerprint density at radius 2 is 1.49 bits per heavy atom. The molecular weight excluding hydrogens is 579 g/mol. The second-order valence-corrected chi connectivity index (χ2v) is 11.7. The molecule has 3 atom stereocenters. The van der Waals surface area contributed by atoms with E-state index in [1.807, 2.05) is 0 Å². The predicted molar refractivity (Wildman–Crippen MR) is 146 cm³/mol. The van der Waals surface area contributed by atoms with E-state index in [-0.39, 0.29) is 29.5 Å². The number of halogens is 7. The molecule has 2 aliphatic heterocycles. The average Bonchev–Trinajstić information content (AvgIpc) is 2.94. The maximum absolute atomic E-state index is 14.0. The molecular formula is C31H36F7N3O2. The van der Waals surface area contributed by atoms with Gasteiger partial charge in [-0.05, 0) is 86.7 Å². The molecule has 2 aliphatic rings. The van der Waals surface area contributed by atoms with Crippen molar-refractivity contribution in [1.29, 1.82) is 0 Å². The molecule has 2 aromatic carbocycles. The topological polar surface area (TPSA) is 43.9 Å². The van der Waals surface area contributed by atoms with Crippen LogP contribution in [0, 0.1) is 18.7 Å². The van der Waals surface area contributed by atoms with Crippen LogP contribution in [0.25, 0.3) is 0 Å². The number of hydrogen-bond donors (Lipinski definition) is 0. The van der Waals surface area contributed by atoms with Crippen LogP contribution in [-0.4, -0.2) is 65.8 Å². The van der Waals surface area contributed by atoms with Gasteiger partial charge in [0, 0.05) is 51.5 Å². The minimum atomic E-state index is -5.00. The highest BCUT2D eigenvalue weighted by Gasteiger charge is 2.42. The first-order chi connectivity index (χ1) is 20.0. The second-order valence-electron chi connectivity index (χ2n) is 11.7. The molecule has 4 rings (SSSR count). The van der Waals surface area contributed by atoms with Crippen molar-refractivity contribution in [2.24, 2.45) is 5.92 Å². The minimum absolute atomic E-state index is 0.0165. The van der Waals surface area contributed by atoms with E-state index in [4.69, 9.17) is 0 Å². The summed E-state index contributed by atoms with van der Waals surface area (Å²) in [5.74, 6) is -1.82. The zero-order chi connectivity index (χ0) is 31.9. The van der Waals surface area contributed by atoms with Crippen LogP contribution in [0.15, 0.2) is 36.4 Å². The zero-order valence-electron chi connectivity index (χ0n) is 24.5. The maximum atomic E-state index is 14.0. The van der Waals surface area contributed by atoms with Crippen molar-refractivity contribution in [3.05, 3.63) is 70.0 Å². The first kappa shape index (κ1) is 32.8. The van der Waals surface area contributed by atoms with E-state index >= 15 is 0 Å². The number of hydrogen-bond acceptors (Lipinski definition) is 3. The quantitative estimate of drug-likeness (QED) is 0.348. The maximum Gasteiger partial charge on any atom is 0.416 e. The lowest BCUT2D eigenvalue weighted by molar-refractivity contribution is -0.143. The van der Waals surface area contributed by atoms with E-state index < -0.39 is 47.2 Å². The van der Waals surface area contributed by atoms with Crippen LogP contribution in [0.5, 0.6) is 0 Å². The number of alkyl halides is 6. The van der Waals surface area contributed by atoms with Gasteiger partial charge in [0.05, 0.1) is 17.2 Å². The van der Waals surface area contributed by atoms with E-state index in [1.54, 1.807) is 17.9 Å². The summed E-state index contributed by atoms with van der Waals surface area (Å²) in [5, 5.41) is 0. The number of piperidine rings is 2. The lowest BCUT2D eigenvalue weighted by Gasteiger charge is -2.46. The molecule has 2 saturated heterocycles. The SMILES string of the molecule is CC(=O)N1CCC(N2CC[C@H](C(=O)N(C)[C@@H](C)c3cc(C(F)(F)F)cc(C(F)(F)F)c3)[C@@H](c3ccc(F)cc3C)C2)CC1. The van der Waals surface area contributed by atoms with Crippen molar-refractivity contribution in [2.45, 2.75) is 70.4 Å². The van der Waals surface area contributed by atoms with Crippen LogP contribution in [-0.2, 0) is 21.9 Å². The number of likely N-dealkylation sites (tertiary alicyclic amines) is 2. The molecule has 0 saturated carbocycles. The summed E-state index contributed by atoms with van der Waals surface area (Å²) in [5.41, 5.74) is -1.73. The highest BCUT2D eigenvalue weighted by molar-refractivity contribution is 5.80. The monoisotopic (exact) mass is 615 g/mol. The number of carbonyl (C=O) groups excluding carboxylic acids is 2. The summed E-state index contributed by atoms with van der Waals surface area (Å²) >= 11 is 0. The molecule has 2 fully saturated rings. The summed E-state index contributed by atoms with van der Waals surface area (Å²) < 4.78 is 95.1. The third-order valence-electron chi connectivity index (χ3n) is 9.04. The van der Waals surface area contributed by atoms with Crippen molar-refractivity contribution in [3.8, 4) is 0 Å². The van der Waals surface area contributed by atoms with Crippen molar-refractivity contribution in [3.63, 3.8) is 0 Å². The fraction of sp³-hybridized carbons (Fsp3) is 0.548. The lowest BCUT2D eigenvalue weighted by Crippen LogP contribution is -2.52. The Kier molecular flexibility index (Phi) is 9.49. The minimum Gasteiger partial charge on any atom is -0.343 e. The lowest BCUT2D eigenvalue weighted by atomic mass is 9.77. The van der Waals surface area contributed by atoms with Crippen molar-refractivity contribution >= 4 is 11.8 Å². The van der Waals surface area contributed by atoms with Crippen molar-refractivity contribution < 1.29 is 40.3 Å². The highest BCUT2D eigenvalue weighted by Crippen LogP contribution is 2.41. The van der Waals surface area contributed by atoms with Gasteiger partial charge in [0.25, 0.3) is 0 Å². The Balaban J connectivity index is 1.62. The highest BCUT2D eigenvalue weighted by atomic mass is 19.4. The van der Waals surface area contributed by atoms with E-state index in [0.29, 0.717) is 50.3 Å². The number of amides is 2. The summed E-state index contributed by atoms with van der Waals surface area (Å²) in [6.07, 6.45) is -8.07. The predicted octanol–water partition coefficient (Wildman–Crippen LogP) is 6.81. The van der Waals surface area contributed by atoms with E-state index in [0.717, 1.165) is 18.4 Å². The largest absolute Gasteiger partial charge is 0.416 e. The first-order valence-electron chi connectivity index (χ1n) is 14.3. The van der Waals surface area contributed by atoms with E-state index in [1.165, 1.54) is 37.9 Å². The number of benzene rings is 2. The van der Waals surface area contributed by atoms with Crippen LogP contribution < -0.4 is 0 Å². The Bertz CT molecular complexity index is 1300. The molecule has 2 aromatic rings. The molecule has 236 valence electrons. The zero-order valence-corrected chi connectivity index (χ0v) is 24.5. The van der Waals surface area contributed by atoms with E-state index in [9.17, 15) is 40.3 Å². The van der Waals surface area contributed by atoms with Gasteiger partial charge in [-0.15, -0.1) is 0 Å². The molecule has 0 radical (unpaired) electrons. The number of carbonyl (C=O) groups is 2. The Morgan fingerprint density at radius 3 is 2.00 bits per heavy atom. The molecule has 0 spiro atoms. The van der Waals surface area contributed by atoms with Crippen LogP contribution in [0.3, 0.4) is 0 Å². The fourth-order valence-corrected chi connectivity index (χ4v) is 6.42. The van der Waals surface area contributed by atoms with Gasteiger partial charge >= 0.3 is 12.4 Å². The molecule has 43 heavy (non-hydrogen) atoms. The van der Waals surface area contributed by atoms with Crippen LogP contribution in [0.1, 0.15) is 72.9 Å². The van der Waals surface area contributed by atoms with Gasteiger partial charge in [-0.2, -0.15) is 26.3 Å². The number of nitrogens with zero attached hydrogens (tertiary/aromatic N) is 3. The average molecular weight is 616 g/mol. The van der Waals surface area contributed by atoms with Crippen LogP contribution in [0.4, 0.5) is 30.7 Å². The smallest absolute Gasteiger partial charge is 0.343 e. The van der Waals surface area contributed by atoms with Gasteiger partial charge in [0.1, 0.15) is 5.82 Å². The van der Waals surface area contributed by atoms with Crippen molar-refractivity contribution in [1.82, 2.24) is 14.7 Å².